The van der Waals surface area contributed by atoms with Crippen molar-refractivity contribution >= 4 is 49.5 Å². The van der Waals surface area contributed by atoms with Gasteiger partial charge in [-0.15, -0.1) is 0 Å². The number of nitrogens with one attached hydrogen (secondary N) is 2. The van der Waals surface area contributed by atoms with E-state index < -0.39 is 12.0 Å². The minimum absolute atomic E-state index is 0.0279. The van der Waals surface area contributed by atoms with Crippen LogP contribution in [0.1, 0.15) is 36.5 Å². The molecule has 1 fully saturated rings. The molecule has 108 valence electrons. The highest BCUT2D eigenvalue weighted by Gasteiger charge is 2.33. The zero-order valence-corrected chi connectivity index (χ0v) is 14.0. The van der Waals surface area contributed by atoms with Crippen molar-refractivity contribution in [3.63, 3.8) is 0 Å². The Morgan fingerprint density at radius 1 is 1.30 bits per heavy atom. The maximum atomic E-state index is 12.0. The van der Waals surface area contributed by atoms with Gasteiger partial charge in [-0.25, -0.2) is 9.59 Å². The van der Waals surface area contributed by atoms with E-state index in [1.807, 2.05) is 6.92 Å². The second-order valence-corrected chi connectivity index (χ2v) is 6.88. The van der Waals surface area contributed by atoms with Crippen molar-refractivity contribution in [2.45, 2.75) is 31.7 Å². The van der Waals surface area contributed by atoms with Gasteiger partial charge < -0.3 is 15.7 Å². The molecule has 0 atom stereocenters. The van der Waals surface area contributed by atoms with Crippen molar-refractivity contribution in [3.8, 4) is 0 Å². The Bertz CT molecular complexity index is 571. The van der Waals surface area contributed by atoms with Crippen molar-refractivity contribution in [1.82, 2.24) is 5.32 Å². The van der Waals surface area contributed by atoms with Gasteiger partial charge in [0.05, 0.1) is 11.3 Å². The summed E-state index contributed by atoms with van der Waals surface area (Å²) in [5, 5.41) is 14.7. The molecule has 3 N–H and O–H groups in total. The van der Waals surface area contributed by atoms with Crippen molar-refractivity contribution in [1.29, 1.82) is 0 Å². The van der Waals surface area contributed by atoms with Crippen LogP contribution < -0.4 is 10.6 Å². The molecule has 2 rings (SSSR count). The first kappa shape index (κ1) is 15.3. The molecular weight excluding hydrogens is 392 g/mol. The number of aromatic carboxylic acids is 1. The highest BCUT2D eigenvalue weighted by atomic mass is 79.9. The molecule has 0 radical (unpaired) electrons. The van der Waals surface area contributed by atoms with E-state index in [0.29, 0.717) is 8.95 Å². The Hall–Kier alpha value is -1.08. The molecular formula is C13H14Br2N2O3. The fraction of sp³-hybridized carbons (Fsp3) is 0.385. The first-order valence-electron chi connectivity index (χ1n) is 6.12. The lowest BCUT2D eigenvalue weighted by molar-refractivity contribution is 0.0698. The Morgan fingerprint density at radius 3 is 2.45 bits per heavy atom. The number of anilines is 1. The number of rotatable bonds is 3. The summed E-state index contributed by atoms with van der Waals surface area (Å²) < 4.78 is 1.14. The second kappa shape index (κ2) is 5.73. The van der Waals surface area contributed by atoms with E-state index in [4.69, 9.17) is 0 Å². The fourth-order valence-corrected chi connectivity index (χ4v) is 3.44. The van der Waals surface area contributed by atoms with Crippen LogP contribution in [0.2, 0.25) is 0 Å². The number of amides is 2. The number of benzene rings is 1. The number of halogens is 2. The zero-order valence-electron chi connectivity index (χ0n) is 10.8. The number of carboxylic acid groups (broad SMARTS) is 1. The van der Waals surface area contributed by atoms with Crippen LogP contribution in [0.3, 0.4) is 0 Å². The molecule has 1 aliphatic carbocycles. The Kier molecular flexibility index (Phi) is 4.39. The lowest BCUT2D eigenvalue weighted by Crippen LogP contribution is -2.52. The Balaban J connectivity index is 2.20. The van der Waals surface area contributed by atoms with Crippen molar-refractivity contribution in [3.05, 3.63) is 26.6 Å². The number of hydrogen-bond donors (Lipinski definition) is 3. The third kappa shape index (κ3) is 3.32. The van der Waals surface area contributed by atoms with Gasteiger partial charge in [-0.05, 0) is 54.2 Å². The summed E-state index contributed by atoms with van der Waals surface area (Å²) in [5.41, 5.74) is 0.0938. The van der Waals surface area contributed by atoms with Crippen LogP contribution in [0.4, 0.5) is 10.5 Å². The molecule has 0 aromatic heterocycles. The van der Waals surface area contributed by atoms with Gasteiger partial charge in [0.15, 0.2) is 0 Å². The molecule has 1 aromatic carbocycles. The van der Waals surface area contributed by atoms with E-state index in [2.05, 4.69) is 42.5 Å². The summed E-state index contributed by atoms with van der Waals surface area (Å²) >= 11 is 6.50. The van der Waals surface area contributed by atoms with Crippen LogP contribution in [0, 0.1) is 0 Å². The van der Waals surface area contributed by atoms with Crippen LogP contribution in [-0.4, -0.2) is 22.6 Å². The summed E-state index contributed by atoms with van der Waals surface area (Å²) in [5.74, 6) is -1.10. The predicted octanol–water partition coefficient (Wildman–Crippen LogP) is 3.97. The SMILES string of the molecule is CC1(NC(=O)Nc2c(Br)cc(Br)cc2C(=O)O)CCC1. The number of carbonyl (C=O) groups is 2. The largest absolute Gasteiger partial charge is 0.478 e. The van der Waals surface area contributed by atoms with E-state index in [9.17, 15) is 14.7 Å². The predicted molar refractivity (Wildman–Crippen MR) is 83.2 cm³/mol. The molecule has 0 spiro atoms. The Labute approximate surface area is 133 Å². The topological polar surface area (TPSA) is 78.4 Å². The van der Waals surface area contributed by atoms with Crippen LogP contribution in [-0.2, 0) is 0 Å². The summed E-state index contributed by atoms with van der Waals surface area (Å²) in [4.78, 5) is 23.2. The maximum Gasteiger partial charge on any atom is 0.337 e. The van der Waals surface area contributed by atoms with Crippen LogP contribution in [0.5, 0.6) is 0 Å². The van der Waals surface area contributed by atoms with Crippen molar-refractivity contribution < 1.29 is 14.7 Å². The third-order valence-electron chi connectivity index (χ3n) is 3.40. The summed E-state index contributed by atoms with van der Waals surface area (Å²) in [6.07, 6.45) is 2.97. The number of carboxylic acids is 1. The molecule has 5 nitrogen and oxygen atoms in total. The molecule has 1 saturated carbocycles. The lowest BCUT2D eigenvalue weighted by atomic mass is 9.79. The van der Waals surface area contributed by atoms with Crippen LogP contribution in [0.25, 0.3) is 0 Å². The molecule has 0 bridgehead atoms. The highest BCUT2D eigenvalue weighted by molar-refractivity contribution is 9.11. The highest BCUT2D eigenvalue weighted by Crippen LogP contribution is 2.33. The smallest absolute Gasteiger partial charge is 0.337 e. The molecule has 20 heavy (non-hydrogen) atoms. The molecule has 0 saturated heterocycles. The Morgan fingerprint density at radius 2 is 1.95 bits per heavy atom. The van der Waals surface area contributed by atoms with Gasteiger partial charge in [0.25, 0.3) is 0 Å². The van der Waals surface area contributed by atoms with E-state index >= 15 is 0 Å². The summed E-state index contributed by atoms with van der Waals surface area (Å²) in [6.45, 7) is 1.98. The number of hydrogen-bond acceptors (Lipinski definition) is 2. The van der Waals surface area contributed by atoms with Gasteiger partial charge in [-0.3, -0.25) is 0 Å². The average molecular weight is 406 g/mol. The van der Waals surface area contributed by atoms with Gasteiger partial charge in [-0.1, -0.05) is 15.9 Å². The normalized spacial score (nSPS) is 16.1. The molecule has 0 aliphatic heterocycles. The van der Waals surface area contributed by atoms with Gasteiger partial charge >= 0.3 is 12.0 Å². The molecule has 2 amide bonds. The molecule has 0 unspecified atom stereocenters. The van der Waals surface area contributed by atoms with E-state index in [1.54, 1.807) is 6.07 Å². The minimum Gasteiger partial charge on any atom is -0.478 e. The maximum absolute atomic E-state index is 12.0. The van der Waals surface area contributed by atoms with Gasteiger partial charge in [-0.2, -0.15) is 0 Å². The summed E-state index contributed by atoms with van der Waals surface area (Å²) in [7, 11) is 0. The van der Waals surface area contributed by atoms with E-state index in [0.717, 1.165) is 19.3 Å². The minimum atomic E-state index is -1.10. The third-order valence-corrected chi connectivity index (χ3v) is 4.48. The lowest BCUT2D eigenvalue weighted by Gasteiger charge is -2.39. The molecule has 1 aromatic rings. The zero-order chi connectivity index (χ0) is 14.9. The fourth-order valence-electron chi connectivity index (χ4n) is 2.12. The first-order chi connectivity index (χ1) is 9.31. The second-order valence-electron chi connectivity index (χ2n) is 5.11. The quantitative estimate of drug-likeness (QED) is 0.711. The summed E-state index contributed by atoms with van der Waals surface area (Å²) in [6, 6.07) is 2.75. The average Bonchev–Trinajstić information content (AvgIpc) is 2.30. The first-order valence-corrected chi connectivity index (χ1v) is 7.71. The van der Waals surface area contributed by atoms with Crippen molar-refractivity contribution in [2.75, 3.05) is 5.32 Å². The van der Waals surface area contributed by atoms with Gasteiger partial charge in [0.2, 0.25) is 0 Å². The number of carbonyl (C=O) groups excluding carboxylic acids is 1. The molecule has 1 aliphatic rings. The molecule has 0 heterocycles. The van der Waals surface area contributed by atoms with E-state index in [-0.39, 0.29) is 16.8 Å². The van der Waals surface area contributed by atoms with Crippen molar-refractivity contribution in [2.24, 2.45) is 0 Å². The van der Waals surface area contributed by atoms with E-state index in [1.165, 1.54) is 6.07 Å². The van der Waals surface area contributed by atoms with Gasteiger partial charge in [0, 0.05) is 14.5 Å². The monoisotopic (exact) mass is 404 g/mol. The standard InChI is InChI=1S/C13H14Br2N2O3/c1-13(3-2-4-13)17-12(20)16-10-8(11(18)19)5-7(14)6-9(10)15/h5-6H,2-4H2,1H3,(H,18,19)(H2,16,17,20). The molecule has 7 heteroatoms. The number of urea groups is 1. The van der Waals surface area contributed by atoms with Crippen LogP contribution >= 0.6 is 31.9 Å². The van der Waals surface area contributed by atoms with Crippen LogP contribution in [0.15, 0.2) is 21.1 Å². The van der Waals surface area contributed by atoms with Gasteiger partial charge in [0.1, 0.15) is 0 Å².